The van der Waals surface area contributed by atoms with Gasteiger partial charge in [-0.1, -0.05) is 13.8 Å². The number of ether oxygens (including phenoxy) is 1. The van der Waals surface area contributed by atoms with Crippen LogP contribution in [0.3, 0.4) is 0 Å². The molecule has 0 aliphatic carbocycles. The zero-order valence-corrected chi connectivity index (χ0v) is 9.90. The Labute approximate surface area is 96.3 Å². The van der Waals surface area contributed by atoms with Crippen molar-refractivity contribution in [2.75, 3.05) is 6.61 Å². The van der Waals surface area contributed by atoms with Gasteiger partial charge in [0.1, 0.15) is 12.4 Å². The maximum atomic E-state index is 9.98. The zero-order valence-electron chi connectivity index (χ0n) is 9.90. The molecule has 0 radical (unpaired) electrons. The Morgan fingerprint density at radius 2 is 1.94 bits per heavy atom. The smallest absolute Gasteiger partial charge is 0.119 e. The van der Waals surface area contributed by atoms with Crippen molar-refractivity contribution in [3.63, 3.8) is 0 Å². The second kappa shape index (κ2) is 5.00. The molecule has 0 fully saturated rings. The van der Waals surface area contributed by atoms with Crippen molar-refractivity contribution >= 4 is 0 Å². The molecule has 1 aromatic rings. The Morgan fingerprint density at radius 3 is 2.38 bits per heavy atom. The Hall–Kier alpha value is -1.53. The van der Waals surface area contributed by atoms with Gasteiger partial charge in [-0.2, -0.15) is 5.26 Å². The topological polar surface area (TPSA) is 53.2 Å². The number of hydrogen-bond donors (Lipinski definition) is 1. The summed E-state index contributed by atoms with van der Waals surface area (Å²) in [6.07, 6.45) is 0. The van der Waals surface area contributed by atoms with Gasteiger partial charge >= 0.3 is 0 Å². The van der Waals surface area contributed by atoms with Crippen LogP contribution in [0.4, 0.5) is 0 Å². The zero-order chi connectivity index (χ0) is 12.2. The van der Waals surface area contributed by atoms with E-state index in [1.807, 2.05) is 19.9 Å². The van der Waals surface area contributed by atoms with E-state index in [0.717, 1.165) is 0 Å². The first-order valence-electron chi connectivity index (χ1n) is 5.31. The summed E-state index contributed by atoms with van der Waals surface area (Å²) >= 11 is 0. The Morgan fingerprint density at radius 1 is 1.38 bits per heavy atom. The SMILES string of the molecule is CC(C)C(C)(O)COc1ccc(C#N)cc1. The number of aliphatic hydroxyl groups is 1. The molecule has 0 aromatic heterocycles. The fraction of sp³-hybridized carbons (Fsp3) is 0.462. The Balaban J connectivity index is 2.59. The van der Waals surface area contributed by atoms with Crippen LogP contribution in [0.1, 0.15) is 26.3 Å². The average Bonchev–Trinajstić information content (AvgIpc) is 2.27. The standard InChI is InChI=1S/C13H17NO2/c1-10(2)13(3,15)9-16-12-6-4-11(8-14)5-7-12/h4-7,10,15H,9H2,1-3H3. The van der Waals surface area contributed by atoms with Crippen LogP contribution < -0.4 is 4.74 Å². The summed E-state index contributed by atoms with van der Waals surface area (Å²) in [6, 6.07) is 8.89. The lowest BCUT2D eigenvalue weighted by atomic mass is 9.94. The third kappa shape index (κ3) is 3.25. The maximum absolute atomic E-state index is 9.98. The van der Waals surface area contributed by atoms with E-state index in [1.165, 1.54) is 0 Å². The van der Waals surface area contributed by atoms with Gasteiger partial charge in [0.2, 0.25) is 0 Å². The van der Waals surface area contributed by atoms with Crippen molar-refractivity contribution in [3.05, 3.63) is 29.8 Å². The lowest BCUT2D eigenvalue weighted by Crippen LogP contribution is -2.37. The van der Waals surface area contributed by atoms with Crippen molar-refractivity contribution in [3.8, 4) is 11.8 Å². The van der Waals surface area contributed by atoms with Crippen molar-refractivity contribution in [1.29, 1.82) is 5.26 Å². The highest BCUT2D eigenvalue weighted by atomic mass is 16.5. The number of nitrogens with zero attached hydrogens (tertiary/aromatic N) is 1. The summed E-state index contributed by atoms with van der Waals surface area (Å²) in [5, 5.41) is 18.6. The lowest BCUT2D eigenvalue weighted by Gasteiger charge is -2.27. The van der Waals surface area contributed by atoms with E-state index in [-0.39, 0.29) is 12.5 Å². The van der Waals surface area contributed by atoms with Crippen LogP contribution in [-0.2, 0) is 0 Å². The van der Waals surface area contributed by atoms with Crippen LogP contribution in [0.2, 0.25) is 0 Å². The molecule has 0 bridgehead atoms. The normalized spacial score (nSPS) is 14.2. The molecule has 1 aromatic carbocycles. The van der Waals surface area contributed by atoms with Gasteiger partial charge in [0, 0.05) is 0 Å². The summed E-state index contributed by atoms with van der Waals surface area (Å²) in [4.78, 5) is 0. The van der Waals surface area contributed by atoms with Gasteiger partial charge < -0.3 is 9.84 Å². The third-order valence-corrected chi connectivity index (χ3v) is 2.76. The molecule has 0 spiro atoms. The molecule has 3 nitrogen and oxygen atoms in total. The number of rotatable bonds is 4. The van der Waals surface area contributed by atoms with Crippen molar-refractivity contribution in [2.45, 2.75) is 26.4 Å². The first-order valence-corrected chi connectivity index (χ1v) is 5.31. The van der Waals surface area contributed by atoms with Gasteiger partial charge in [-0.05, 0) is 37.1 Å². The van der Waals surface area contributed by atoms with E-state index in [2.05, 4.69) is 0 Å². The van der Waals surface area contributed by atoms with Gasteiger partial charge in [0.15, 0.2) is 0 Å². The highest BCUT2D eigenvalue weighted by molar-refractivity contribution is 5.34. The molecule has 86 valence electrons. The van der Waals surface area contributed by atoms with E-state index < -0.39 is 5.60 Å². The van der Waals surface area contributed by atoms with Gasteiger partial charge in [-0.25, -0.2) is 0 Å². The fourth-order valence-electron chi connectivity index (χ4n) is 1.02. The van der Waals surface area contributed by atoms with E-state index in [0.29, 0.717) is 11.3 Å². The second-order valence-electron chi connectivity index (χ2n) is 4.44. The highest BCUT2D eigenvalue weighted by Gasteiger charge is 2.25. The molecule has 0 amide bonds. The lowest BCUT2D eigenvalue weighted by molar-refractivity contribution is -0.0266. The summed E-state index contributed by atoms with van der Waals surface area (Å²) in [6.45, 7) is 5.89. The number of nitriles is 1. The first kappa shape index (κ1) is 12.5. The average molecular weight is 219 g/mol. The fourth-order valence-corrected chi connectivity index (χ4v) is 1.02. The van der Waals surface area contributed by atoms with Gasteiger partial charge in [-0.15, -0.1) is 0 Å². The van der Waals surface area contributed by atoms with Crippen LogP contribution >= 0.6 is 0 Å². The summed E-state index contributed by atoms with van der Waals surface area (Å²) in [5.74, 6) is 0.797. The summed E-state index contributed by atoms with van der Waals surface area (Å²) < 4.78 is 5.47. The second-order valence-corrected chi connectivity index (χ2v) is 4.44. The molecular weight excluding hydrogens is 202 g/mol. The first-order chi connectivity index (χ1) is 7.45. The maximum Gasteiger partial charge on any atom is 0.119 e. The molecule has 1 atom stereocenters. The van der Waals surface area contributed by atoms with Crippen LogP contribution in [0.15, 0.2) is 24.3 Å². The van der Waals surface area contributed by atoms with Crippen LogP contribution in [0.25, 0.3) is 0 Å². The predicted molar refractivity (Wildman–Crippen MR) is 62.1 cm³/mol. The number of hydrogen-bond acceptors (Lipinski definition) is 3. The van der Waals surface area contributed by atoms with Gasteiger partial charge in [-0.3, -0.25) is 0 Å². The highest BCUT2D eigenvalue weighted by Crippen LogP contribution is 2.19. The molecule has 0 heterocycles. The van der Waals surface area contributed by atoms with E-state index in [1.54, 1.807) is 31.2 Å². The van der Waals surface area contributed by atoms with E-state index in [4.69, 9.17) is 10.00 Å². The van der Waals surface area contributed by atoms with Crippen LogP contribution in [-0.4, -0.2) is 17.3 Å². The van der Waals surface area contributed by atoms with E-state index in [9.17, 15) is 5.11 Å². The minimum absolute atomic E-state index is 0.130. The Bertz CT molecular complexity index is 374. The minimum Gasteiger partial charge on any atom is -0.491 e. The molecule has 1 N–H and O–H groups in total. The van der Waals surface area contributed by atoms with Gasteiger partial charge in [0.25, 0.3) is 0 Å². The minimum atomic E-state index is -0.839. The van der Waals surface area contributed by atoms with Crippen molar-refractivity contribution < 1.29 is 9.84 Å². The van der Waals surface area contributed by atoms with Crippen LogP contribution in [0.5, 0.6) is 5.75 Å². The monoisotopic (exact) mass is 219 g/mol. The molecule has 16 heavy (non-hydrogen) atoms. The molecule has 0 aliphatic heterocycles. The molecule has 0 aliphatic rings. The molecule has 3 heteroatoms. The molecule has 0 saturated heterocycles. The predicted octanol–water partition coefficient (Wildman–Crippen LogP) is 2.34. The molecular formula is C13H17NO2. The van der Waals surface area contributed by atoms with Crippen molar-refractivity contribution in [1.82, 2.24) is 0 Å². The van der Waals surface area contributed by atoms with Crippen molar-refractivity contribution in [2.24, 2.45) is 5.92 Å². The summed E-state index contributed by atoms with van der Waals surface area (Å²) in [7, 11) is 0. The molecule has 1 unspecified atom stereocenters. The summed E-state index contributed by atoms with van der Waals surface area (Å²) in [5.41, 5.74) is -0.239. The van der Waals surface area contributed by atoms with Gasteiger partial charge in [0.05, 0.1) is 17.2 Å². The molecule has 0 saturated carbocycles. The van der Waals surface area contributed by atoms with E-state index >= 15 is 0 Å². The quantitative estimate of drug-likeness (QED) is 0.845. The Kier molecular flexibility index (Phi) is 3.92. The molecule has 1 rings (SSSR count). The third-order valence-electron chi connectivity index (χ3n) is 2.76. The van der Waals surface area contributed by atoms with Crippen LogP contribution in [0, 0.1) is 17.2 Å². The largest absolute Gasteiger partial charge is 0.491 e. The number of benzene rings is 1.